The first-order valence-electron chi connectivity index (χ1n) is 7.19. The number of aryl methyl sites for hydroxylation is 2. The van der Waals surface area contributed by atoms with Crippen LogP contribution in [0.1, 0.15) is 48.3 Å². The first-order chi connectivity index (χ1) is 9.88. The summed E-state index contributed by atoms with van der Waals surface area (Å²) in [6, 6.07) is 1.49. The molecule has 1 aromatic heterocycles. The number of aromatic nitrogens is 1. The number of primary amides is 1. The second-order valence-corrected chi connectivity index (χ2v) is 5.80. The van der Waals surface area contributed by atoms with Crippen molar-refractivity contribution in [2.45, 2.75) is 45.6 Å². The monoisotopic (exact) mass is 291 g/mol. The summed E-state index contributed by atoms with van der Waals surface area (Å²) in [6.45, 7) is 3.86. The van der Waals surface area contributed by atoms with E-state index in [1.807, 2.05) is 13.8 Å². The van der Waals surface area contributed by atoms with E-state index in [2.05, 4.69) is 10.3 Å². The molecule has 6 heteroatoms. The Labute approximate surface area is 123 Å². The van der Waals surface area contributed by atoms with Crippen molar-refractivity contribution < 1.29 is 14.7 Å². The number of anilines is 1. The third kappa shape index (κ3) is 3.51. The van der Waals surface area contributed by atoms with Gasteiger partial charge in [0.25, 0.3) is 5.91 Å². The number of amides is 1. The molecule has 1 aromatic rings. The Morgan fingerprint density at radius 3 is 2.71 bits per heavy atom. The fourth-order valence-corrected chi connectivity index (χ4v) is 2.59. The van der Waals surface area contributed by atoms with Crippen LogP contribution in [0, 0.1) is 5.92 Å². The summed E-state index contributed by atoms with van der Waals surface area (Å²) in [5.74, 6) is -0.930. The van der Waals surface area contributed by atoms with Gasteiger partial charge in [0.15, 0.2) is 0 Å². The molecule has 1 unspecified atom stereocenters. The van der Waals surface area contributed by atoms with Crippen LogP contribution >= 0.6 is 0 Å². The third-order valence-electron chi connectivity index (χ3n) is 3.84. The van der Waals surface area contributed by atoms with Gasteiger partial charge in [-0.15, -0.1) is 0 Å². The normalized spacial score (nSPS) is 14.8. The van der Waals surface area contributed by atoms with Gasteiger partial charge in [-0.1, -0.05) is 13.8 Å². The highest BCUT2D eigenvalue weighted by molar-refractivity contribution is 5.98. The number of nitrogens with zero attached hydrogens (tertiary/aromatic N) is 1. The predicted molar refractivity (Wildman–Crippen MR) is 79.3 cm³/mol. The highest BCUT2D eigenvalue weighted by Crippen LogP contribution is 2.26. The van der Waals surface area contributed by atoms with Crippen molar-refractivity contribution in [2.24, 2.45) is 11.7 Å². The third-order valence-corrected chi connectivity index (χ3v) is 3.84. The zero-order valence-electron chi connectivity index (χ0n) is 12.3. The lowest BCUT2D eigenvalue weighted by atomic mass is 10.0. The van der Waals surface area contributed by atoms with Gasteiger partial charge in [-0.25, -0.2) is 4.98 Å². The number of carbonyl (C=O) groups excluding carboxylic acids is 1. The second-order valence-electron chi connectivity index (χ2n) is 5.80. The van der Waals surface area contributed by atoms with Gasteiger partial charge in [0.05, 0.1) is 12.0 Å². The van der Waals surface area contributed by atoms with Crippen LogP contribution < -0.4 is 11.1 Å². The number of nitrogens with one attached hydrogen (secondary N) is 1. The fraction of sp³-hybridized carbons (Fsp3) is 0.533. The molecule has 1 aliphatic rings. The average Bonchev–Trinajstić information content (AvgIpc) is 2.83. The van der Waals surface area contributed by atoms with Crippen LogP contribution in [0.15, 0.2) is 6.07 Å². The first-order valence-corrected chi connectivity index (χ1v) is 7.19. The van der Waals surface area contributed by atoms with Crippen molar-refractivity contribution in [2.75, 3.05) is 5.32 Å². The molecule has 0 saturated carbocycles. The molecule has 0 saturated heterocycles. The molecule has 1 heterocycles. The molecule has 1 aliphatic carbocycles. The summed E-state index contributed by atoms with van der Waals surface area (Å²) in [5.41, 5.74) is 7.80. The molecule has 0 radical (unpaired) electrons. The van der Waals surface area contributed by atoms with Crippen LogP contribution in [0.25, 0.3) is 0 Å². The SMILES string of the molecule is CC(C)C(CC(=O)O)Nc1nc2c(cc1C(N)=O)CCC2. The molecule has 0 aliphatic heterocycles. The first kappa shape index (κ1) is 15.3. The molecule has 1 atom stereocenters. The molecule has 1 amide bonds. The van der Waals surface area contributed by atoms with E-state index in [9.17, 15) is 9.59 Å². The van der Waals surface area contributed by atoms with Crippen molar-refractivity contribution in [1.82, 2.24) is 4.98 Å². The molecule has 4 N–H and O–H groups in total. The number of hydrogen-bond acceptors (Lipinski definition) is 4. The smallest absolute Gasteiger partial charge is 0.305 e. The van der Waals surface area contributed by atoms with E-state index in [1.165, 1.54) is 0 Å². The van der Waals surface area contributed by atoms with Gasteiger partial charge in [-0.05, 0) is 36.8 Å². The molecular formula is C15H21N3O3. The summed E-state index contributed by atoms with van der Waals surface area (Å²) < 4.78 is 0. The molecular weight excluding hydrogens is 270 g/mol. The number of rotatable bonds is 6. The van der Waals surface area contributed by atoms with Crippen molar-refractivity contribution in [3.8, 4) is 0 Å². The number of nitrogens with two attached hydrogens (primary N) is 1. The Morgan fingerprint density at radius 1 is 1.43 bits per heavy atom. The molecule has 0 bridgehead atoms. The minimum absolute atomic E-state index is 0.0331. The summed E-state index contributed by atoms with van der Waals surface area (Å²) in [7, 11) is 0. The number of carboxylic acid groups (broad SMARTS) is 1. The number of carbonyl (C=O) groups is 2. The number of carboxylic acids is 1. The zero-order chi connectivity index (χ0) is 15.6. The molecule has 2 rings (SSSR count). The molecule has 114 valence electrons. The maximum Gasteiger partial charge on any atom is 0.305 e. The summed E-state index contributed by atoms with van der Waals surface area (Å²) in [5, 5.41) is 12.1. The quantitative estimate of drug-likeness (QED) is 0.738. The Balaban J connectivity index is 2.33. The fourth-order valence-electron chi connectivity index (χ4n) is 2.59. The van der Waals surface area contributed by atoms with Gasteiger partial charge < -0.3 is 16.2 Å². The van der Waals surface area contributed by atoms with Crippen LogP contribution in [0.3, 0.4) is 0 Å². The Kier molecular flexibility index (Phi) is 4.45. The van der Waals surface area contributed by atoms with Crippen LogP contribution in [-0.4, -0.2) is 28.0 Å². The molecule has 21 heavy (non-hydrogen) atoms. The predicted octanol–water partition coefficient (Wildman–Crippen LogP) is 1.58. The zero-order valence-corrected chi connectivity index (χ0v) is 12.3. The Hall–Kier alpha value is -2.11. The molecule has 0 aromatic carbocycles. The minimum Gasteiger partial charge on any atom is -0.481 e. The van der Waals surface area contributed by atoms with E-state index >= 15 is 0 Å². The number of aliphatic carboxylic acids is 1. The van der Waals surface area contributed by atoms with Crippen molar-refractivity contribution in [3.05, 3.63) is 22.9 Å². The average molecular weight is 291 g/mol. The van der Waals surface area contributed by atoms with Gasteiger partial charge in [0, 0.05) is 11.7 Å². The summed E-state index contributed by atoms with van der Waals surface area (Å²) in [6.07, 6.45) is 2.78. The maximum atomic E-state index is 11.6. The number of fused-ring (bicyclic) bond motifs is 1. The van der Waals surface area contributed by atoms with Gasteiger partial charge in [0.1, 0.15) is 5.82 Å². The summed E-state index contributed by atoms with van der Waals surface area (Å²) in [4.78, 5) is 27.1. The van der Waals surface area contributed by atoms with Crippen LogP contribution in [0.2, 0.25) is 0 Å². The molecule has 6 nitrogen and oxygen atoms in total. The molecule has 0 fully saturated rings. The van der Waals surface area contributed by atoms with Gasteiger partial charge in [-0.3, -0.25) is 9.59 Å². The van der Waals surface area contributed by atoms with Gasteiger partial charge in [-0.2, -0.15) is 0 Å². The number of hydrogen-bond donors (Lipinski definition) is 3. The Bertz CT molecular complexity index is 570. The topological polar surface area (TPSA) is 105 Å². The van der Waals surface area contributed by atoms with Crippen molar-refractivity contribution >= 4 is 17.7 Å². The summed E-state index contributed by atoms with van der Waals surface area (Å²) >= 11 is 0. The van der Waals surface area contributed by atoms with Crippen LogP contribution in [0.5, 0.6) is 0 Å². The second kappa shape index (κ2) is 6.11. The van der Waals surface area contributed by atoms with E-state index in [4.69, 9.17) is 10.8 Å². The van der Waals surface area contributed by atoms with E-state index in [-0.39, 0.29) is 18.4 Å². The molecule has 0 spiro atoms. The van der Waals surface area contributed by atoms with E-state index in [0.717, 1.165) is 30.5 Å². The highest BCUT2D eigenvalue weighted by atomic mass is 16.4. The minimum atomic E-state index is -0.886. The maximum absolute atomic E-state index is 11.6. The van der Waals surface area contributed by atoms with Crippen molar-refractivity contribution in [3.63, 3.8) is 0 Å². The lowest BCUT2D eigenvalue weighted by Crippen LogP contribution is -2.30. The lowest BCUT2D eigenvalue weighted by Gasteiger charge is -2.22. The standard InChI is InChI=1S/C15H21N3O3/c1-8(2)12(7-13(19)20)18-15-10(14(16)21)6-9-4-3-5-11(9)17-15/h6,8,12H,3-5,7H2,1-2H3,(H2,16,21)(H,17,18)(H,19,20). The van der Waals surface area contributed by atoms with E-state index in [1.54, 1.807) is 6.07 Å². The lowest BCUT2D eigenvalue weighted by molar-refractivity contribution is -0.137. The van der Waals surface area contributed by atoms with E-state index in [0.29, 0.717) is 11.4 Å². The Morgan fingerprint density at radius 2 is 2.14 bits per heavy atom. The van der Waals surface area contributed by atoms with E-state index < -0.39 is 11.9 Å². The van der Waals surface area contributed by atoms with Crippen molar-refractivity contribution in [1.29, 1.82) is 0 Å². The van der Waals surface area contributed by atoms with Crippen LogP contribution in [-0.2, 0) is 17.6 Å². The largest absolute Gasteiger partial charge is 0.481 e. The highest BCUT2D eigenvalue weighted by Gasteiger charge is 2.23. The van der Waals surface area contributed by atoms with Gasteiger partial charge in [0.2, 0.25) is 0 Å². The van der Waals surface area contributed by atoms with Crippen LogP contribution in [0.4, 0.5) is 5.82 Å². The number of pyridine rings is 1. The van der Waals surface area contributed by atoms with Gasteiger partial charge >= 0.3 is 5.97 Å².